The summed E-state index contributed by atoms with van der Waals surface area (Å²) >= 11 is 7.59. The van der Waals surface area contributed by atoms with Gasteiger partial charge in [0.2, 0.25) is 0 Å². The lowest BCUT2D eigenvalue weighted by Gasteiger charge is -2.06. The minimum absolute atomic E-state index is 0.216. The number of carbonyl (C=O) groups is 1. The molecule has 0 radical (unpaired) electrons. The molecule has 1 N–H and O–H groups in total. The van der Waals surface area contributed by atoms with E-state index in [1.807, 2.05) is 40.1 Å². The molecule has 0 unspecified atom stereocenters. The van der Waals surface area contributed by atoms with Crippen molar-refractivity contribution in [3.63, 3.8) is 0 Å². The number of hydrogen-bond donors (Lipinski definition) is 1. The van der Waals surface area contributed by atoms with E-state index < -0.39 is 5.97 Å². The summed E-state index contributed by atoms with van der Waals surface area (Å²) in [4.78, 5) is 22.3. The van der Waals surface area contributed by atoms with Gasteiger partial charge in [0.05, 0.1) is 0 Å². The maximum absolute atomic E-state index is 11.9. The highest BCUT2D eigenvalue weighted by Gasteiger charge is 2.23. The zero-order valence-electron chi connectivity index (χ0n) is 40.2. The minimum Gasteiger partial charge on any atom is -0.477 e. The third-order valence-electron chi connectivity index (χ3n) is 13.1. The van der Waals surface area contributed by atoms with Gasteiger partial charge in [-0.05, 0) is 135 Å². The van der Waals surface area contributed by atoms with Gasteiger partial charge in [-0.1, -0.05) is 129 Å². The maximum Gasteiger partial charge on any atom is 0.346 e. The SMILES string of the molecule is CCCCCCc1cc(-c2sc(-c3sc(-c4sc(/C=C(/C#N)C(=O)O)cc4CCCCCC)cc3CCCCCC)cc2CCCCCC)sc1-c1ccc2c(c1)c1ccccc1n2CC. The van der Waals surface area contributed by atoms with Crippen molar-refractivity contribution < 1.29 is 9.90 Å². The van der Waals surface area contributed by atoms with Gasteiger partial charge in [-0.15, -0.1) is 45.3 Å². The lowest BCUT2D eigenvalue weighted by Crippen LogP contribution is -1.96. The molecule has 0 amide bonds. The Kier molecular flexibility index (Phi) is 18.6. The van der Waals surface area contributed by atoms with Crippen LogP contribution >= 0.6 is 45.3 Å². The average molecular weight is 955 g/mol. The van der Waals surface area contributed by atoms with E-state index in [4.69, 9.17) is 0 Å². The molecule has 0 aliphatic heterocycles. The summed E-state index contributed by atoms with van der Waals surface area (Å²) in [6, 6.07) is 27.8. The number of carboxylic acids is 1. The zero-order valence-corrected chi connectivity index (χ0v) is 43.4. The Labute approximate surface area is 411 Å². The fraction of sp³-hybridized carbons (Fsp3) is 0.448. The predicted molar refractivity (Wildman–Crippen MR) is 291 cm³/mol. The fourth-order valence-corrected chi connectivity index (χ4v) is 14.7. The van der Waals surface area contributed by atoms with Crippen LogP contribution in [0.5, 0.6) is 0 Å². The van der Waals surface area contributed by atoms with Crippen molar-refractivity contribution >= 4 is 79.2 Å². The van der Waals surface area contributed by atoms with Gasteiger partial charge in [0.15, 0.2) is 0 Å². The number of nitrogens with zero attached hydrogens (tertiary/aromatic N) is 2. The van der Waals surface area contributed by atoms with Gasteiger partial charge >= 0.3 is 5.97 Å². The average Bonchev–Trinajstić information content (AvgIpc) is 4.17. The van der Waals surface area contributed by atoms with Crippen LogP contribution in [0.15, 0.2) is 72.3 Å². The van der Waals surface area contributed by atoms with Crippen molar-refractivity contribution in [1.82, 2.24) is 4.57 Å². The van der Waals surface area contributed by atoms with E-state index >= 15 is 0 Å². The normalized spacial score (nSPS) is 12.0. The number of fused-ring (bicyclic) bond motifs is 3. The molecule has 5 aromatic heterocycles. The Hall–Kier alpha value is -4.26. The van der Waals surface area contributed by atoms with Crippen molar-refractivity contribution in [2.75, 3.05) is 0 Å². The van der Waals surface area contributed by atoms with Gasteiger partial charge in [0.1, 0.15) is 11.6 Å². The van der Waals surface area contributed by atoms with Gasteiger partial charge in [-0.25, -0.2) is 4.79 Å². The molecule has 4 nitrogen and oxygen atoms in total. The van der Waals surface area contributed by atoms with Crippen LogP contribution in [-0.4, -0.2) is 15.6 Å². The van der Waals surface area contributed by atoms with E-state index in [1.54, 1.807) is 17.4 Å². The van der Waals surface area contributed by atoms with Crippen LogP contribution in [0.3, 0.4) is 0 Å². The second kappa shape index (κ2) is 24.7. The van der Waals surface area contributed by atoms with E-state index in [0.29, 0.717) is 0 Å². The second-order valence-electron chi connectivity index (χ2n) is 18.1. The predicted octanol–water partition coefficient (Wildman–Crippen LogP) is 19.2. The van der Waals surface area contributed by atoms with E-state index in [-0.39, 0.29) is 5.57 Å². The monoisotopic (exact) mass is 954 g/mol. The number of hydrogen-bond acceptors (Lipinski definition) is 6. The van der Waals surface area contributed by atoms with Crippen LogP contribution in [-0.2, 0) is 37.0 Å². The first-order valence-electron chi connectivity index (χ1n) is 25.2. The topological polar surface area (TPSA) is 66.0 Å². The summed E-state index contributed by atoms with van der Waals surface area (Å²) in [7, 11) is 0. The maximum atomic E-state index is 11.9. The molecular formula is C58H70N2O2S4. The highest BCUT2D eigenvalue weighted by molar-refractivity contribution is 7.29. The van der Waals surface area contributed by atoms with Crippen molar-refractivity contribution in [2.24, 2.45) is 0 Å². The number of carboxylic acid groups (broad SMARTS) is 1. The van der Waals surface area contributed by atoms with Crippen LogP contribution in [0.25, 0.3) is 67.6 Å². The lowest BCUT2D eigenvalue weighted by molar-refractivity contribution is -0.132. The van der Waals surface area contributed by atoms with Crippen molar-refractivity contribution in [3.8, 4) is 45.8 Å². The molecule has 348 valence electrons. The van der Waals surface area contributed by atoms with Gasteiger partial charge < -0.3 is 9.67 Å². The summed E-state index contributed by atoms with van der Waals surface area (Å²) in [5.41, 5.74) is 9.43. The molecule has 0 saturated carbocycles. The Morgan fingerprint density at radius 1 is 0.545 bits per heavy atom. The molecule has 0 spiro atoms. The molecule has 2 aromatic carbocycles. The summed E-state index contributed by atoms with van der Waals surface area (Å²) in [5.74, 6) is -1.17. The van der Waals surface area contributed by atoms with Crippen molar-refractivity contribution in [1.29, 1.82) is 5.26 Å². The summed E-state index contributed by atoms with van der Waals surface area (Å²) in [5, 5.41) is 22.1. The van der Waals surface area contributed by atoms with E-state index in [0.717, 1.165) is 43.5 Å². The van der Waals surface area contributed by atoms with Crippen LogP contribution < -0.4 is 0 Å². The first-order chi connectivity index (χ1) is 32.3. The number of nitriles is 1. The fourth-order valence-electron chi connectivity index (χ4n) is 9.54. The Bertz CT molecular complexity index is 2760. The van der Waals surface area contributed by atoms with Crippen LogP contribution in [0.2, 0.25) is 0 Å². The number of aliphatic carboxylic acids is 1. The summed E-state index contributed by atoms with van der Waals surface area (Å²) in [6.07, 6.45) is 25.2. The Morgan fingerprint density at radius 3 is 1.48 bits per heavy atom. The number of thiophene rings is 4. The van der Waals surface area contributed by atoms with E-state index in [2.05, 4.69) is 106 Å². The molecule has 0 aliphatic rings. The highest BCUT2D eigenvalue weighted by Crippen LogP contribution is 2.50. The molecule has 7 aromatic rings. The van der Waals surface area contributed by atoms with Crippen molar-refractivity contribution in [3.05, 3.63) is 99.4 Å². The number of aryl methyl sites for hydroxylation is 5. The minimum atomic E-state index is -1.17. The van der Waals surface area contributed by atoms with Gasteiger partial charge in [0.25, 0.3) is 0 Å². The third-order valence-corrected chi connectivity index (χ3v) is 18.4. The molecule has 8 heteroatoms. The number of aromatic nitrogens is 1. The second-order valence-corrected chi connectivity index (χ2v) is 22.3. The molecule has 0 aliphatic carbocycles. The number of benzene rings is 2. The molecule has 7 rings (SSSR count). The molecular weight excluding hydrogens is 885 g/mol. The number of unbranched alkanes of at least 4 members (excludes halogenated alkanes) is 12. The smallest absolute Gasteiger partial charge is 0.346 e. The largest absolute Gasteiger partial charge is 0.477 e. The van der Waals surface area contributed by atoms with E-state index in [9.17, 15) is 15.2 Å². The van der Waals surface area contributed by atoms with Crippen molar-refractivity contribution in [2.45, 2.75) is 170 Å². The summed E-state index contributed by atoms with van der Waals surface area (Å²) < 4.78 is 2.46. The molecule has 66 heavy (non-hydrogen) atoms. The van der Waals surface area contributed by atoms with E-state index in [1.165, 1.54) is 180 Å². The number of rotatable bonds is 27. The van der Waals surface area contributed by atoms with Gasteiger partial charge in [-0.3, -0.25) is 0 Å². The number of para-hydroxylation sites is 1. The van der Waals surface area contributed by atoms with Gasteiger partial charge in [-0.2, -0.15) is 5.26 Å². The Morgan fingerprint density at radius 2 is 1.00 bits per heavy atom. The first-order valence-corrected chi connectivity index (χ1v) is 28.5. The third kappa shape index (κ3) is 11.9. The van der Waals surface area contributed by atoms with Crippen LogP contribution in [0.1, 0.15) is 164 Å². The molecule has 0 fully saturated rings. The standard InChI is InChI=1S/C58H70N2O2S4/c1-6-11-15-19-25-40-33-46(34-45(39-59)58(61)62)63-55(40)51-37-42(27-21-17-13-8-3)57(65-51)53-38-43(28-22-18-14-9-4)56(66-53)52-36-41(26-20-16-12-7-2)54(64-52)44-31-32-50-48(35-44)47-29-23-24-30-49(47)60(50)10-5/h23-24,29-38H,6-22,25-28H2,1-5H3,(H,61,62)/b45-34-. The molecule has 5 heterocycles. The summed E-state index contributed by atoms with van der Waals surface area (Å²) in [6.45, 7) is 12.3. The molecule has 0 bridgehead atoms. The molecule has 0 atom stereocenters. The first kappa shape index (κ1) is 49.6. The Balaban J connectivity index is 1.34. The lowest BCUT2D eigenvalue weighted by atomic mass is 10.0. The quantitative estimate of drug-likeness (QED) is 0.0317. The van der Waals surface area contributed by atoms with Crippen LogP contribution in [0.4, 0.5) is 0 Å². The van der Waals surface area contributed by atoms with Gasteiger partial charge in [0, 0.05) is 67.4 Å². The zero-order chi connectivity index (χ0) is 46.4. The van der Waals surface area contributed by atoms with Crippen LogP contribution in [0, 0.1) is 11.3 Å². The highest BCUT2D eigenvalue weighted by atomic mass is 32.1. The molecule has 0 saturated heterocycles.